The largest absolute Gasteiger partial charge is 0.478 e. The number of benzene rings is 2. The third-order valence-corrected chi connectivity index (χ3v) is 3.91. The zero-order valence-corrected chi connectivity index (χ0v) is 16.8. The number of carbonyl (C=O) groups excluding carboxylic acids is 3. The Labute approximate surface area is 173 Å². The van der Waals surface area contributed by atoms with E-state index >= 15 is 0 Å². The second-order valence-electron chi connectivity index (χ2n) is 6.70. The first-order valence-electron chi connectivity index (χ1n) is 9.02. The summed E-state index contributed by atoms with van der Waals surface area (Å²) in [5, 5.41) is 13.9. The maximum absolute atomic E-state index is 12.1. The van der Waals surface area contributed by atoms with Crippen molar-refractivity contribution in [3.63, 3.8) is 0 Å². The fourth-order valence-electron chi connectivity index (χ4n) is 2.58. The van der Waals surface area contributed by atoms with Crippen LogP contribution in [-0.2, 0) is 19.1 Å². The number of carbonyl (C=O) groups is 4. The van der Waals surface area contributed by atoms with Crippen LogP contribution in [-0.4, -0.2) is 35.5 Å². The number of hydrogen-bond acceptors (Lipinski definition) is 5. The molecule has 0 heterocycles. The summed E-state index contributed by atoms with van der Waals surface area (Å²) in [6, 6.07) is 11.4. The van der Waals surface area contributed by atoms with Gasteiger partial charge in [0.2, 0.25) is 5.91 Å². The van der Waals surface area contributed by atoms with E-state index in [2.05, 4.69) is 10.6 Å². The molecule has 0 saturated heterocycles. The Bertz CT molecular complexity index is 989. The summed E-state index contributed by atoms with van der Waals surface area (Å²) in [6.07, 6.45) is 0.957. The van der Waals surface area contributed by atoms with E-state index in [0.29, 0.717) is 11.4 Å². The Morgan fingerprint density at radius 3 is 2.10 bits per heavy atom. The summed E-state index contributed by atoms with van der Waals surface area (Å²) >= 11 is 0. The highest BCUT2D eigenvalue weighted by atomic mass is 16.5. The summed E-state index contributed by atoms with van der Waals surface area (Å²) in [7, 11) is 0. The normalized spacial score (nSPS) is 10.8. The lowest BCUT2D eigenvalue weighted by molar-refractivity contribution is -0.132. The number of aryl methyl sites for hydroxylation is 2. The fraction of sp³-hybridized carbons (Fsp3) is 0.182. The van der Waals surface area contributed by atoms with Crippen LogP contribution in [0.5, 0.6) is 0 Å². The van der Waals surface area contributed by atoms with Crippen LogP contribution in [0.3, 0.4) is 0 Å². The molecule has 2 amide bonds. The standard InChI is InChI=1S/C22H22N2O6/c1-13-8-14(2)10-18(9-13)24-20(26)12-30-22(29)16-4-6-17(7-5-16)23-19(25)11-15(3)21(27)28/h4-11H,12H2,1-3H3,(H,23,25)(H,24,26)(H,27,28)/b15-11+. The van der Waals surface area contributed by atoms with Gasteiger partial charge in [-0.15, -0.1) is 0 Å². The molecule has 30 heavy (non-hydrogen) atoms. The van der Waals surface area contributed by atoms with E-state index in [0.717, 1.165) is 17.2 Å². The van der Waals surface area contributed by atoms with E-state index in [1.807, 2.05) is 32.0 Å². The maximum atomic E-state index is 12.1. The fourth-order valence-corrected chi connectivity index (χ4v) is 2.58. The molecule has 2 aromatic carbocycles. The Balaban J connectivity index is 1.88. The number of esters is 1. The molecule has 8 nitrogen and oxygen atoms in total. The van der Waals surface area contributed by atoms with Crippen molar-refractivity contribution in [3.8, 4) is 0 Å². The van der Waals surface area contributed by atoms with Crippen molar-refractivity contribution in [1.29, 1.82) is 0 Å². The highest BCUT2D eigenvalue weighted by molar-refractivity contribution is 6.04. The third kappa shape index (κ3) is 6.90. The monoisotopic (exact) mass is 410 g/mol. The van der Waals surface area contributed by atoms with Crippen LogP contribution in [0.15, 0.2) is 54.1 Å². The molecular formula is C22H22N2O6. The highest BCUT2D eigenvalue weighted by Crippen LogP contribution is 2.14. The first kappa shape index (κ1) is 22.4. The highest BCUT2D eigenvalue weighted by Gasteiger charge is 2.11. The van der Waals surface area contributed by atoms with Gasteiger partial charge in [-0.2, -0.15) is 0 Å². The first-order chi connectivity index (χ1) is 14.1. The van der Waals surface area contributed by atoms with Gasteiger partial charge < -0.3 is 20.5 Å². The lowest BCUT2D eigenvalue weighted by Crippen LogP contribution is -2.21. The van der Waals surface area contributed by atoms with Gasteiger partial charge >= 0.3 is 11.9 Å². The van der Waals surface area contributed by atoms with Crippen LogP contribution in [0.25, 0.3) is 0 Å². The van der Waals surface area contributed by atoms with Gasteiger partial charge in [-0.05, 0) is 68.3 Å². The smallest absolute Gasteiger partial charge is 0.338 e. The number of aliphatic carboxylic acids is 1. The Morgan fingerprint density at radius 2 is 1.53 bits per heavy atom. The number of amides is 2. The van der Waals surface area contributed by atoms with Crippen LogP contribution < -0.4 is 10.6 Å². The van der Waals surface area contributed by atoms with Crippen molar-refractivity contribution in [1.82, 2.24) is 0 Å². The van der Waals surface area contributed by atoms with Crippen molar-refractivity contribution >= 4 is 35.1 Å². The molecule has 156 valence electrons. The summed E-state index contributed by atoms with van der Waals surface area (Å²) in [6.45, 7) is 4.69. The number of carboxylic acid groups (broad SMARTS) is 1. The van der Waals surface area contributed by atoms with Gasteiger partial charge in [0.05, 0.1) is 5.56 Å². The van der Waals surface area contributed by atoms with Gasteiger partial charge in [0, 0.05) is 23.0 Å². The summed E-state index contributed by atoms with van der Waals surface area (Å²) in [4.78, 5) is 46.5. The molecular weight excluding hydrogens is 388 g/mol. The van der Waals surface area contributed by atoms with Gasteiger partial charge in [0.25, 0.3) is 5.91 Å². The van der Waals surface area contributed by atoms with E-state index < -0.39 is 30.4 Å². The van der Waals surface area contributed by atoms with Gasteiger partial charge in [-0.1, -0.05) is 6.07 Å². The lowest BCUT2D eigenvalue weighted by Gasteiger charge is -2.09. The Kier molecular flexibility index (Phi) is 7.46. The number of hydrogen-bond donors (Lipinski definition) is 3. The molecule has 0 aliphatic carbocycles. The number of anilines is 2. The Hall–Kier alpha value is -3.94. The number of ether oxygens (including phenoxy) is 1. The lowest BCUT2D eigenvalue weighted by atomic mass is 10.1. The molecule has 0 radical (unpaired) electrons. The van der Waals surface area contributed by atoms with E-state index in [9.17, 15) is 19.2 Å². The zero-order chi connectivity index (χ0) is 22.3. The van der Waals surface area contributed by atoms with Crippen LogP contribution in [0.4, 0.5) is 11.4 Å². The molecule has 2 rings (SSSR count). The second-order valence-corrected chi connectivity index (χ2v) is 6.70. The van der Waals surface area contributed by atoms with Crippen molar-refractivity contribution in [2.45, 2.75) is 20.8 Å². The molecule has 0 saturated carbocycles. The number of rotatable bonds is 7. The van der Waals surface area contributed by atoms with Crippen molar-refractivity contribution < 1.29 is 29.0 Å². The predicted molar refractivity (Wildman–Crippen MR) is 111 cm³/mol. The predicted octanol–water partition coefficient (Wildman–Crippen LogP) is 3.07. The molecule has 0 aromatic heterocycles. The summed E-state index contributed by atoms with van der Waals surface area (Å²) in [5.41, 5.74) is 3.10. The molecule has 8 heteroatoms. The zero-order valence-electron chi connectivity index (χ0n) is 16.8. The average molecular weight is 410 g/mol. The quantitative estimate of drug-likeness (QED) is 0.476. The molecule has 0 atom stereocenters. The SMILES string of the molecule is C/C(=C\C(=O)Nc1ccc(C(=O)OCC(=O)Nc2cc(C)cc(C)c2)cc1)C(=O)O. The minimum absolute atomic E-state index is 0.105. The van der Waals surface area contributed by atoms with E-state index in [4.69, 9.17) is 9.84 Å². The number of carboxylic acids is 1. The van der Waals surface area contributed by atoms with Crippen LogP contribution in [0, 0.1) is 13.8 Å². The molecule has 0 aliphatic heterocycles. The minimum Gasteiger partial charge on any atom is -0.478 e. The van der Waals surface area contributed by atoms with Crippen LogP contribution in [0.2, 0.25) is 0 Å². The van der Waals surface area contributed by atoms with Crippen molar-refractivity contribution in [2.75, 3.05) is 17.2 Å². The first-order valence-corrected chi connectivity index (χ1v) is 9.02. The molecule has 0 aliphatic rings. The number of nitrogens with one attached hydrogen (secondary N) is 2. The van der Waals surface area contributed by atoms with Crippen LogP contribution >= 0.6 is 0 Å². The molecule has 0 bridgehead atoms. The topological polar surface area (TPSA) is 122 Å². The third-order valence-electron chi connectivity index (χ3n) is 3.91. The second kappa shape index (κ2) is 10.0. The van der Waals surface area contributed by atoms with Crippen molar-refractivity contribution in [2.24, 2.45) is 0 Å². The van der Waals surface area contributed by atoms with E-state index in [-0.39, 0.29) is 11.1 Å². The molecule has 2 aromatic rings. The van der Waals surface area contributed by atoms with Crippen molar-refractivity contribution in [3.05, 3.63) is 70.8 Å². The Morgan fingerprint density at radius 1 is 0.933 bits per heavy atom. The summed E-state index contributed by atoms with van der Waals surface area (Å²) < 4.78 is 5.01. The molecule has 0 spiro atoms. The van der Waals surface area contributed by atoms with Gasteiger partial charge in [0.15, 0.2) is 6.61 Å². The van der Waals surface area contributed by atoms with E-state index in [1.165, 1.54) is 31.2 Å². The molecule has 0 fully saturated rings. The average Bonchev–Trinajstić information content (AvgIpc) is 2.65. The van der Waals surface area contributed by atoms with Gasteiger partial charge in [0.1, 0.15) is 0 Å². The summed E-state index contributed by atoms with van der Waals surface area (Å²) in [5.74, 6) is -2.94. The van der Waals surface area contributed by atoms with Gasteiger partial charge in [-0.25, -0.2) is 9.59 Å². The molecule has 3 N–H and O–H groups in total. The van der Waals surface area contributed by atoms with E-state index in [1.54, 1.807) is 0 Å². The van der Waals surface area contributed by atoms with Gasteiger partial charge in [-0.3, -0.25) is 9.59 Å². The molecule has 0 unspecified atom stereocenters. The minimum atomic E-state index is -1.19. The maximum Gasteiger partial charge on any atom is 0.338 e. The van der Waals surface area contributed by atoms with Crippen LogP contribution in [0.1, 0.15) is 28.4 Å².